The van der Waals surface area contributed by atoms with E-state index in [0.717, 1.165) is 38.5 Å². The molecule has 1 saturated heterocycles. The van der Waals surface area contributed by atoms with Gasteiger partial charge in [0.05, 0.1) is 19.3 Å². The van der Waals surface area contributed by atoms with E-state index in [2.05, 4.69) is 19.2 Å². The molecule has 0 aromatic carbocycles. The van der Waals surface area contributed by atoms with Gasteiger partial charge in [-0.25, -0.2) is 4.18 Å². The van der Waals surface area contributed by atoms with Gasteiger partial charge in [-0.15, -0.1) is 0 Å². The molecule has 0 saturated carbocycles. The van der Waals surface area contributed by atoms with Gasteiger partial charge in [0, 0.05) is 6.42 Å². The first kappa shape index (κ1) is 57.9. The minimum Gasteiger partial charge on any atom is -0.394 e. The SMILES string of the molecule is CCCCCCCCCCCCC/C=C\[C@@H](OS(=O)(=O)O)[C@H](CO[C@@H]1O[C@H](CO)[C@H](O)[C@H](O)[C@H]1O)NC(=O)CCCCCCCCCCCCCCCCCCCCCCC. The summed E-state index contributed by atoms with van der Waals surface area (Å²) in [6.07, 6.45) is 34.7. The first-order valence-electron chi connectivity index (χ1n) is 25.1. The highest BCUT2D eigenvalue weighted by Gasteiger charge is 2.44. The third kappa shape index (κ3) is 32.2. The molecule has 12 nitrogen and oxygen atoms in total. The highest BCUT2D eigenvalue weighted by atomic mass is 32.3. The summed E-state index contributed by atoms with van der Waals surface area (Å²) in [6.45, 7) is 3.41. The number of allylic oxidation sites excluding steroid dienone is 1. The Kier molecular flexibility index (Phi) is 37.2. The van der Waals surface area contributed by atoms with Crippen LogP contribution in [0.15, 0.2) is 12.2 Å². The number of hydrogen-bond acceptors (Lipinski definition) is 10. The molecule has 0 aromatic heterocycles. The van der Waals surface area contributed by atoms with Crippen LogP contribution in [0.1, 0.15) is 232 Å². The Bertz CT molecular complexity index is 1140. The van der Waals surface area contributed by atoms with Crippen molar-refractivity contribution in [2.24, 2.45) is 0 Å². The number of unbranched alkanes of at least 4 members (excludes halogenated alkanes) is 31. The molecule has 1 heterocycles. The molecule has 0 radical (unpaired) electrons. The number of hydrogen-bond donors (Lipinski definition) is 6. The first-order chi connectivity index (χ1) is 29.5. The average molecular weight is 892 g/mol. The third-order valence-corrected chi connectivity index (χ3v) is 12.5. The molecular weight excluding hydrogens is 799 g/mol. The van der Waals surface area contributed by atoms with Crippen LogP contribution in [0.2, 0.25) is 0 Å². The molecule has 0 aromatic rings. The van der Waals surface area contributed by atoms with Crippen LogP contribution in [0.4, 0.5) is 0 Å². The van der Waals surface area contributed by atoms with E-state index in [-0.39, 0.29) is 12.3 Å². The maximum Gasteiger partial charge on any atom is 0.398 e. The fraction of sp³-hybridized carbons (Fsp3) is 0.938. The fourth-order valence-electron chi connectivity index (χ4n) is 8.15. The van der Waals surface area contributed by atoms with E-state index in [1.54, 1.807) is 6.08 Å². The zero-order valence-electron chi connectivity index (χ0n) is 38.7. The largest absolute Gasteiger partial charge is 0.398 e. The van der Waals surface area contributed by atoms with Crippen molar-refractivity contribution in [2.75, 3.05) is 13.2 Å². The zero-order chi connectivity index (χ0) is 44.8. The summed E-state index contributed by atoms with van der Waals surface area (Å²) in [7, 11) is -4.95. The van der Waals surface area contributed by atoms with Crippen molar-refractivity contribution in [2.45, 2.75) is 275 Å². The van der Waals surface area contributed by atoms with Gasteiger partial charge < -0.3 is 35.2 Å². The summed E-state index contributed by atoms with van der Waals surface area (Å²) in [4.78, 5) is 13.2. The van der Waals surface area contributed by atoms with Gasteiger partial charge in [0.2, 0.25) is 5.91 Å². The van der Waals surface area contributed by atoms with Crippen LogP contribution in [-0.2, 0) is 28.9 Å². The standard InChI is InChI=1S/C48H93NO11S/c1-3-5-7-9-11-13-15-17-18-19-20-21-22-23-24-26-28-30-32-34-36-38-44(51)49-41(40-58-48-47(54)46(53)45(52)43(39-50)59-48)42(60-61(55,56)57)37-35-33-31-29-27-25-16-14-12-10-8-6-4-2/h35,37,41-43,45-48,50,52-54H,3-34,36,38-40H2,1-2H3,(H,49,51)(H,55,56,57)/b37-35-/t41-,42+,43+,45-,46-,47+,48+/m0/s1. The Hall–Kier alpha value is -1.16. The molecule has 1 amide bonds. The number of ether oxygens (including phenoxy) is 2. The summed E-state index contributed by atoms with van der Waals surface area (Å²) in [5.74, 6) is -0.358. The summed E-state index contributed by atoms with van der Waals surface area (Å²) in [5, 5.41) is 43.3. The van der Waals surface area contributed by atoms with Gasteiger partial charge in [-0.1, -0.05) is 219 Å². The smallest absolute Gasteiger partial charge is 0.394 e. The molecule has 1 aliphatic rings. The highest BCUT2D eigenvalue weighted by Crippen LogP contribution is 2.23. The van der Waals surface area contributed by atoms with Crippen molar-refractivity contribution in [1.29, 1.82) is 0 Å². The molecule has 13 heteroatoms. The van der Waals surface area contributed by atoms with Gasteiger partial charge in [0.15, 0.2) is 6.29 Å². The van der Waals surface area contributed by atoms with Crippen molar-refractivity contribution in [3.8, 4) is 0 Å². The summed E-state index contributed by atoms with van der Waals surface area (Å²) in [5.41, 5.74) is 0. The third-order valence-electron chi connectivity index (χ3n) is 12.1. The van der Waals surface area contributed by atoms with Crippen molar-refractivity contribution in [1.82, 2.24) is 5.32 Å². The average Bonchev–Trinajstić information content (AvgIpc) is 3.23. The molecule has 7 atom stereocenters. The Morgan fingerprint density at radius 1 is 0.607 bits per heavy atom. The molecule has 1 fully saturated rings. The predicted octanol–water partition coefficient (Wildman–Crippen LogP) is 10.3. The normalized spacial score (nSPS) is 20.7. The number of aliphatic hydroxyl groups excluding tert-OH is 4. The van der Waals surface area contributed by atoms with Crippen molar-refractivity contribution >= 4 is 16.3 Å². The minimum atomic E-state index is -4.95. The van der Waals surface area contributed by atoms with E-state index < -0.39 is 66.5 Å². The topological polar surface area (TPSA) is 192 Å². The summed E-state index contributed by atoms with van der Waals surface area (Å²) < 4.78 is 49.8. The van der Waals surface area contributed by atoms with Crippen molar-refractivity contribution in [3.05, 3.63) is 12.2 Å². The number of aliphatic hydroxyl groups is 4. The lowest BCUT2D eigenvalue weighted by molar-refractivity contribution is -0.302. The van der Waals surface area contributed by atoms with E-state index in [1.165, 1.54) is 167 Å². The predicted molar refractivity (Wildman–Crippen MR) is 246 cm³/mol. The Balaban J connectivity index is 2.49. The van der Waals surface area contributed by atoms with Crippen LogP contribution >= 0.6 is 0 Å². The summed E-state index contributed by atoms with van der Waals surface area (Å²) in [6, 6.07) is -1.13. The van der Waals surface area contributed by atoms with Crippen LogP contribution < -0.4 is 5.32 Å². The van der Waals surface area contributed by atoms with E-state index in [9.17, 15) is 38.2 Å². The van der Waals surface area contributed by atoms with Crippen LogP contribution in [0, 0.1) is 0 Å². The van der Waals surface area contributed by atoms with Gasteiger partial charge in [-0.05, 0) is 19.3 Å². The van der Waals surface area contributed by atoms with Crippen LogP contribution in [0.3, 0.4) is 0 Å². The quantitative estimate of drug-likeness (QED) is 0.0194. The lowest BCUT2D eigenvalue weighted by atomic mass is 9.99. The lowest BCUT2D eigenvalue weighted by Crippen LogP contribution is -2.60. The second-order valence-electron chi connectivity index (χ2n) is 17.8. The molecule has 0 bridgehead atoms. The van der Waals surface area contributed by atoms with Crippen molar-refractivity contribution in [3.63, 3.8) is 0 Å². The van der Waals surface area contributed by atoms with E-state index >= 15 is 0 Å². The molecule has 0 aliphatic carbocycles. The zero-order valence-corrected chi connectivity index (χ0v) is 39.6. The van der Waals surface area contributed by atoms with Crippen LogP contribution in [-0.4, -0.2) is 95.4 Å². The number of rotatable bonds is 43. The first-order valence-corrected chi connectivity index (χ1v) is 26.4. The molecule has 0 spiro atoms. The molecule has 6 N–H and O–H groups in total. The molecule has 362 valence electrons. The molecule has 1 aliphatic heterocycles. The maximum absolute atomic E-state index is 13.2. The molecule has 0 unspecified atom stereocenters. The second-order valence-corrected chi connectivity index (χ2v) is 18.8. The van der Waals surface area contributed by atoms with E-state index in [4.69, 9.17) is 13.7 Å². The molecule has 1 rings (SSSR count). The van der Waals surface area contributed by atoms with E-state index in [1.807, 2.05) is 0 Å². The minimum absolute atomic E-state index is 0.191. The highest BCUT2D eigenvalue weighted by molar-refractivity contribution is 7.80. The number of carbonyl (C=O) groups is 1. The Morgan fingerprint density at radius 3 is 1.39 bits per heavy atom. The fourth-order valence-corrected chi connectivity index (χ4v) is 8.63. The lowest BCUT2D eigenvalue weighted by Gasteiger charge is -2.40. The number of amides is 1. The number of nitrogens with one attached hydrogen (secondary N) is 1. The van der Waals surface area contributed by atoms with Gasteiger partial charge in [-0.3, -0.25) is 9.35 Å². The number of carbonyl (C=O) groups excluding carboxylic acids is 1. The summed E-state index contributed by atoms with van der Waals surface area (Å²) >= 11 is 0. The van der Waals surface area contributed by atoms with Crippen LogP contribution in [0.5, 0.6) is 0 Å². The van der Waals surface area contributed by atoms with Gasteiger partial charge >= 0.3 is 10.4 Å². The van der Waals surface area contributed by atoms with Gasteiger partial charge in [0.1, 0.15) is 30.5 Å². The molecular formula is C48H93NO11S. The second kappa shape index (κ2) is 39.2. The Morgan fingerprint density at radius 2 is 1.00 bits per heavy atom. The molecule has 61 heavy (non-hydrogen) atoms. The Labute approximate surface area is 372 Å². The van der Waals surface area contributed by atoms with Gasteiger partial charge in [-0.2, -0.15) is 8.42 Å². The van der Waals surface area contributed by atoms with Gasteiger partial charge in [0.25, 0.3) is 0 Å². The maximum atomic E-state index is 13.2. The van der Waals surface area contributed by atoms with E-state index in [0.29, 0.717) is 12.8 Å². The van der Waals surface area contributed by atoms with Crippen LogP contribution in [0.25, 0.3) is 0 Å². The van der Waals surface area contributed by atoms with Crippen molar-refractivity contribution < 1.29 is 51.8 Å². The monoisotopic (exact) mass is 892 g/mol.